The Balaban J connectivity index is 0.000000180. The third-order valence-corrected chi connectivity index (χ3v) is 1.69. The monoisotopic (exact) mass is 248 g/mol. The quantitative estimate of drug-likeness (QED) is 0.793. The summed E-state index contributed by atoms with van der Waals surface area (Å²) in [6, 6.07) is 1.12. The van der Waals surface area contributed by atoms with Crippen LogP contribution in [0.5, 0.6) is 0 Å². The predicted molar refractivity (Wildman–Crippen MR) is 61.4 cm³/mol. The normalized spacial score (nSPS) is 8.94. The number of nitrogens with two attached hydrogens (primary N) is 1. The summed E-state index contributed by atoms with van der Waals surface area (Å²) in [5.74, 6) is -0.305. The lowest BCUT2D eigenvalue weighted by Crippen LogP contribution is -1.94. The Labute approximate surface area is 102 Å². The molecule has 18 heavy (non-hydrogen) atoms. The Morgan fingerprint density at radius 3 is 2.06 bits per heavy atom. The average Bonchev–Trinajstić information content (AvgIpc) is 2.40. The highest BCUT2D eigenvalue weighted by atomic mass is 19.1. The molecular formula is C11H9FN4O2. The van der Waals surface area contributed by atoms with Gasteiger partial charge < -0.3 is 5.73 Å². The Kier molecular flexibility index (Phi) is 5.04. The molecule has 2 rings (SSSR count). The molecular weight excluding hydrogens is 239 g/mol. The number of aldehydes is 2. The SMILES string of the molecule is Nc1ncc(C=O)cn1.O=Cc1cncc(F)c1. The number of hydrogen-bond acceptors (Lipinski definition) is 6. The standard InChI is InChI=1S/C6H4FNO.C5H5N3O/c7-6-1-5(4-9)2-8-3-6;6-5-7-1-4(3-9)2-8-5/h1-4H;1-3H,(H2,6,7,8). The maximum Gasteiger partial charge on any atom is 0.219 e. The van der Waals surface area contributed by atoms with Crippen molar-refractivity contribution < 1.29 is 14.0 Å². The minimum absolute atomic E-state index is 0.181. The summed E-state index contributed by atoms with van der Waals surface area (Å²) in [5, 5.41) is 0. The van der Waals surface area contributed by atoms with Crippen molar-refractivity contribution in [2.45, 2.75) is 0 Å². The molecule has 0 spiro atoms. The highest BCUT2D eigenvalue weighted by Gasteiger charge is 1.90. The molecule has 2 aromatic heterocycles. The van der Waals surface area contributed by atoms with E-state index in [-0.39, 0.29) is 11.5 Å². The van der Waals surface area contributed by atoms with Crippen LogP contribution >= 0.6 is 0 Å². The number of anilines is 1. The molecule has 0 radical (unpaired) electrons. The fraction of sp³-hybridized carbons (Fsp3) is 0. The molecule has 0 aliphatic rings. The van der Waals surface area contributed by atoms with Gasteiger partial charge in [-0.3, -0.25) is 14.6 Å². The molecule has 2 heterocycles. The van der Waals surface area contributed by atoms with Crippen LogP contribution in [0.3, 0.4) is 0 Å². The van der Waals surface area contributed by atoms with Crippen LogP contribution in [-0.2, 0) is 0 Å². The van der Waals surface area contributed by atoms with Gasteiger partial charge in [0.1, 0.15) is 5.82 Å². The first kappa shape index (κ1) is 13.4. The maximum atomic E-state index is 12.1. The van der Waals surface area contributed by atoms with Crippen LogP contribution in [0.1, 0.15) is 20.7 Å². The Morgan fingerprint density at radius 1 is 1.00 bits per heavy atom. The number of carbonyl (C=O) groups excluding carboxylic acids is 2. The second-order valence-electron chi connectivity index (χ2n) is 3.05. The molecule has 7 heteroatoms. The van der Waals surface area contributed by atoms with Crippen molar-refractivity contribution in [3.63, 3.8) is 0 Å². The lowest BCUT2D eigenvalue weighted by molar-refractivity contribution is 0.111. The van der Waals surface area contributed by atoms with Crippen molar-refractivity contribution in [3.05, 3.63) is 47.8 Å². The first-order chi connectivity index (χ1) is 8.65. The third-order valence-electron chi connectivity index (χ3n) is 1.69. The summed E-state index contributed by atoms with van der Waals surface area (Å²) < 4.78 is 12.1. The Bertz CT molecular complexity index is 531. The molecule has 0 atom stereocenters. The molecule has 0 fully saturated rings. The highest BCUT2D eigenvalue weighted by Crippen LogP contribution is 1.95. The van der Waals surface area contributed by atoms with E-state index >= 15 is 0 Å². The highest BCUT2D eigenvalue weighted by molar-refractivity contribution is 5.74. The van der Waals surface area contributed by atoms with E-state index in [0.717, 1.165) is 12.3 Å². The van der Waals surface area contributed by atoms with Crippen LogP contribution in [0.25, 0.3) is 0 Å². The van der Waals surface area contributed by atoms with Gasteiger partial charge in [0.2, 0.25) is 5.95 Å². The summed E-state index contributed by atoms with van der Waals surface area (Å²) in [7, 11) is 0. The smallest absolute Gasteiger partial charge is 0.219 e. The third kappa shape index (κ3) is 4.44. The molecule has 2 N–H and O–H groups in total. The second-order valence-corrected chi connectivity index (χ2v) is 3.05. The molecule has 2 aromatic rings. The van der Waals surface area contributed by atoms with Gasteiger partial charge in [0.25, 0.3) is 0 Å². The molecule has 0 saturated heterocycles. The summed E-state index contributed by atoms with van der Waals surface area (Å²) in [4.78, 5) is 30.6. The van der Waals surface area contributed by atoms with Gasteiger partial charge in [-0.1, -0.05) is 0 Å². The molecule has 0 unspecified atom stereocenters. The Hall–Kier alpha value is -2.70. The number of hydrogen-bond donors (Lipinski definition) is 1. The van der Waals surface area contributed by atoms with Crippen molar-refractivity contribution in [1.29, 1.82) is 0 Å². The van der Waals surface area contributed by atoms with Crippen LogP contribution < -0.4 is 5.73 Å². The summed E-state index contributed by atoms with van der Waals surface area (Å²) >= 11 is 0. The zero-order valence-corrected chi connectivity index (χ0v) is 9.15. The van der Waals surface area contributed by atoms with Gasteiger partial charge >= 0.3 is 0 Å². The fourth-order valence-corrected chi connectivity index (χ4v) is 0.902. The number of rotatable bonds is 2. The fourth-order valence-electron chi connectivity index (χ4n) is 0.902. The van der Waals surface area contributed by atoms with Gasteiger partial charge in [0.15, 0.2) is 12.6 Å². The van der Waals surface area contributed by atoms with Crippen molar-refractivity contribution >= 4 is 18.5 Å². The van der Waals surface area contributed by atoms with Gasteiger partial charge in [-0.25, -0.2) is 14.4 Å². The van der Waals surface area contributed by atoms with E-state index in [0.29, 0.717) is 18.1 Å². The molecule has 92 valence electrons. The van der Waals surface area contributed by atoms with Crippen molar-refractivity contribution in [1.82, 2.24) is 15.0 Å². The second kappa shape index (κ2) is 6.79. The molecule has 0 amide bonds. The zero-order chi connectivity index (χ0) is 13.4. The summed E-state index contributed by atoms with van der Waals surface area (Å²) in [6.45, 7) is 0. The number of aromatic nitrogens is 3. The largest absolute Gasteiger partial charge is 0.368 e. The molecule has 0 aliphatic heterocycles. The number of carbonyl (C=O) groups is 2. The van der Waals surface area contributed by atoms with Gasteiger partial charge in [0.05, 0.1) is 11.8 Å². The van der Waals surface area contributed by atoms with E-state index in [4.69, 9.17) is 5.73 Å². The van der Waals surface area contributed by atoms with Crippen LogP contribution in [0.2, 0.25) is 0 Å². The summed E-state index contributed by atoms with van der Waals surface area (Å²) in [6.07, 6.45) is 6.31. The molecule has 0 saturated carbocycles. The van der Waals surface area contributed by atoms with Gasteiger partial charge in [-0.15, -0.1) is 0 Å². The molecule has 0 aromatic carbocycles. The van der Waals surface area contributed by atoms with Crippen molar-refractivity contribution in [3.8, 4) is 0 Å². The topological polar surface area (TPSA) is 98.8 Å². The van der Waals surface area contributed by atoms with E-state index < -0.39 is 5.82 Å². The van der Waals surface area contributed by atoms with E-state index in [1.54, 1.807) is 0 Å². The molecule has 0 bridgehead atoms. The zero-order valence-electron chi connectivity index (χ0n) is 9.15. The van der Waals surface area contributed by atoms with E-state index in [1.165, 1.54) is 18.6 Å². The molecule has 6 nitrogen and oxygen atoms in total. The summed E-state index contributed by atoms with van der Waals surface area (Å²) in [5.41, 5.74) is 5.84. The lowest BCUT2D eigenvalue weighted by atomic mass is 10.3. The van der Waals surface area contributed by atoms with Gasteiger partial charge in [0, 0.05) is 24.2 Å². The predicted octanol–water partition coefficient (Wildman–Crippen LogP) is 0.905. The van der Waals surface area contributed by atoms with E-state index in [2.05, 4.69) is 15.0 Å². The van der Waals surface area contributed by atoms with Crippen molar-refractivity contribution in [2.75, 3.05) is 5.73 Å². The van der Waals surface area contributed by atoms with Crippen LogP contribution in [-0.4, -0.2) is 27.5 Å². The van der Waals surface area contributed by atoms with Gasteiger partial charge in [-0.2, -0.15) is 0 Å². The number of halogens is 1. The number of nitrogens with zero attached hydrogens (tertiary/aromatic N) is 3. The van der Waals surface area contributed by atoms with Gasteiger partial charge in [-0.05, 0) is 6.07 Å². The lowest BCUT2D eigenvalue weighted by Gasteiger charge is -1.87. The van der Waals surface area contributed by atoms with Crippen LogP contribution in [0.4, 0.5) is 10.3 Å². The first-order valence-electron chi connectivity index (χ1n) is 4.74. The van der Waals surface area contributed by atoms with Crippen molar-refractivity contribution in [2.24, 2.45) is 0 Å². The maximum absolute atomic E-state index is 12.1. The first-order valence-corrected chi connectivity index (χ1v) is 4.74. The number of nitrogen functional groups attached to an aromatic ring is 1. The van der Waals surface area contributed by atoms with Crippen LogP contribution in [0, 0.1) is 5.82 Å². The average molecular weight is 248 g/mol. The van der Waals surface area contributed by atoms with E-state index in [9.17, 15) is 14.0 Å². The Morgan fingerprint density at radius 2 is 1.61 bits per heavy atom. The van der Waals surface area contributed by atoms with Crippen LogP contribution in [0.15, 0.2) is 30.9 Å². The van der Waals surface area contributed by atoms with E-state index in [1.807, 2.05) is 0 Å². The number of pyridine rings is 1. The minimum atomic E-state index is -0.486. The minimum Gasteiger partial charge on any atom is -0.368 e. The molecule has 0 aliphatic carbocycles.